The smallest absolute Gasteiger partial charge is 0.239 e. The molecular weight excluding hydrogens is 176 g/mol. The molecule has 1 rings (SSSR count). The van der Waals surface area contributed by atoms with Gasteiger partial charge in [-0.1, -0.05) is 20.3 Å². The number of hydrogen-bond donors (Lipinski definition) is 1. The summed E-state index contributed by atoms with van der Waals surface area (Å²) in [7, 11) is 1.86. The molecule has 1 saturated carbocycles. The van der Waals surface area contributed by atoms with Gasteiger partial charge in [-0.3, -0.25) is 4.79 Å². The van der Waals surface area contributed by atoms with E-state index in [1.165, 1.54) is 19.3 Å². The summed E-state index contributed by atoms with van der Waals surface area (Å²) in [4.78, 5) is 13.6. The number of likely N-dealkylation sites (N-methyl/N-ethyl adjacent to an activating group) is 1. The molecule has 14 heavy (non-hydrogen) atoms. The summed E-state index contributed by atoms with van der Waals surface area (Å²) in [6.45, 7) is 4.86. The van der Waals surface area contributed by atoms with Crippen LogP contribution in [0.5, 0.6) is 0 Å². The molecule has 0 heterocycles. The van der Waals surface area contributed by atoms with Crippen LogP contribution in [0.15, 0.2) is 0 Å². The summed E-state index contributed by atoms with van der Waals surface area (Å²) in [5.74, 6) is 1.04. The molecule has 0 aromatic rings. The van der Waals surface area contributed by atoms with E-state index in [4.69, 9.17) is 5.73 Å². The maximum absolute atomic E-state index is 11.8. The van der Waals surface area contributed by atoms with Crippen molar-refractivity contribution in [2.75, 3.05) is 13.6 Å². The number of nitrogens with zero attached hydrogens (tertiary/aromatic N) is 1. The van der Waals surface area contributed by atoms with Crippen LogP contribution in [0.2, 0.25) is 0 Å². The minimum atomic E-state index is -0.333. The normalized spacial score (nSPS) is 19.2. The molecule has 1 atom stereocenters. The fourth-order valence-corrected chi connectivity index (χ4v) is 1.69. The van der Waals surface area contributed by atoms with Crippen molar-refractivity contribution in [3.63, 3.8) is 0 Å². The summed E-state index contributed by atoms with van der Waals surface area (Å²) in [6.07, 6.45) is 3.87. The van der Waals surface area contributed by atoms with Gasteiger partial charge in [-0.05, 0) is 24.7 Å². The van der Waals surface area contributed by atoms with Crippen LogP contribution in [0, 0.1) is 11.8 Å². The van der Waals surface area contributed by atoms with Gasteiger partial charge in [-0.25, -0.2) is 0 Å². The highest BCUT2D eigenvalue weighted by Crippen LogP contribution is 2.26. The third-order valence-corrected chi connectivity index (χ3v) is 3.14. The predicted octanol–water partition coefficient (Wildman–Crippen LogP) is 1.23. The van der Waals surface area contributed by atoms with E-state index in [9.17, 15) is 4.79 Å². The van der Waals surface area contributed by atoms with Crippen molar-refractivity contribution in [2.24, 2.45) is 17.6 Å². The lowest BCUT2D eigenvalue weighted by Gasteiger charge is -2.32. The molecule has 1 amide bonds. The quantitative estimate of drug-likeness (QED) is 0.738. The fraction of sp³-hybridized carbons (Fsp3) is 0.909. The van der Waals surface area contributed by atoms with E-state index < -0.39 is 0 Å². The van der Waals surface area contributed by atoms with Crippen molar-refractivity contribution in [2.45, 2.75) is 39.2 Å². The first-order valence-corrected chi connectivity index (χ1v) is 5.53. The maximum Gasteiger partial charge on any atom is 0.239 e. The maximum atomic E-state index is 11.8. The summed E-state index contributed by atoms with van der Waals surface area (Å²) in [5.41, 5.74) is 5.80. The Bertz CT molecular complexity index is 199. The Balaban J connectivity index is 2.34. The third-order valence-electron chi connectivity index (χ3n) is 3.14. The van der Waals surface area contributed by atoms with E-state index in [0.29, 0.717) is 0 Å². The minimum Gasteiger partial charge on any atom is -0.344 e. The summed E-state index contributed by atoms with van der Waals surface area (Å²) in [6, 6.07) is -0.333. The molecular formula is C11H22N2O. The third kappa shape index (κ3) is 2.71. The molecule has 1 unspecified atom stereocenters. The zero-order chi connectivity index (χ0) is 10.7. The lowest BCUT2D eigenvalue weighted by Crippen LogP contribution is -2.46. The van der Waals surface area contributed by atoms with Crippen LogP contribution >= 0.6 is 0 Å². The summed E-state index contributed by atoms with van der Waals surface area (Å²) >= 11 is 0. The second-order valence-electron chi connectivity index (χ2n) is 4.79. The molecule has 1 fully saturated rings. The van der Waals surface area contributed by atoms with Crippen LogP contribution in [0.25, 0.3) is 0 Å². The van der Waals surface area contributed by atoms with Gasteiger partial charge < -0.3 is 10.6 Å². The van der Waals surface area contributed by atoms with Gasteiger partial charge in [0.2, 0.25) is 5.91 Å². The van der Waals surface area contributed by atoms with Gasteiger partial charge in [0.1, 0.15) is 0 Å². The van der Waals surface area contributed by atoms with E-state index >= 15 is 0 Å². The highest BCUT2D eigenvalue weighted by molar-refractivity contribution is 5.81. The minimum absolute atomic E-state index is 0.0897. The van der Waals surface area contributed by atoms with Gasteiger partial charge in [-0.15, -0.1) is 0 Å². The first-order chi connectivity index (χ1) is 6.52. The van der Waals surface area contributed by atoms with Gasteiger partial charge in [-0.2, -0.15) is 0 Å². The van der Waals surface area contributed by atoms with Crippen molar-refractivity contribution in [3.8, 4) is 0 Å². The molecule has 2 N–H and O–H groups in total. The van der Waals surface area contributed by atoms with Gasteiger partial charge in [0.15, 0.2) is 0 Å². The van der Waals surface area contributed by atoms with Crippen LogP contribution in [-0.2, 0) is 4.79 Å². The molecule has 3 heteroatoms. The average Bonchev–Trinajstić information content (AvgIpc) is 2.08. The molecule has 1 aliphatic carbocycles. The zero-order valence-electron chi connectivity index (χ0n) is 9.49. The SMILES string of the molecule is CC(C)C(N)C(=O)N(C)CC1CCC1. The Labute approximate surface area is 86.6 Å². The molecule has 82 valence electrons. The van der Waals surface area contributed by atoms with E-state index in [0.717, 1.165) is 12.5 Å². The van der Waals surface area contributed by atoms with Gasteiger partial charge in [0.25, 0.3) is 0 Å². The van der Waals surface area contributed by atoms with E-state index in [1.54, 1.807) is 4.90 Å². The van der Waals surface area contributed by atoms with Crippen molar-refractivity contribution < 1.29 is 4.79 Å². The second-order valence-corrected chi connectivity index (χ2v) is 4.79. The van der Waals surface area contributed by atoms with E-state index in [1.807, 2.05) is 20.9 Å². The monoisotopic (exact) mass is 198 g/mol. The van der Waals surface area contributed by atoms with E-state index in [2.05, 4.69) is 0 Å². The second kappa shape index (κ2) is 4.78. The Morgan fingerprint density at radius 3 is 2.43 bits per heavy atom. The topological polar surface area (TPSA) is 46.3 Å². The summed E-state index contributed by atoms with van der Waals surface area (Å²) in [5, 5.41) is 0. The first-order valence-electron chi connectivity index (χ1n) is 5.53. The Hall–Kier alpha value is -0.570. The fourth-order valence-electron chi connectivity index (χ4n) is 1.69. The van der Waals surface area contributed by atoms with Crippen molar-refractivity contribution >= 4 is 5.91 Å². The average molecular weight is 198 g/mol. The number of carbonyl (C=O) groups is 1. The Morgan fingerprint density at radius 1 is 1.50 bits per heavy atom. The highest BCUT2D eigenvalue weighted by atomic mass is 16.2. The molecule has 3 nitrogen and oxygen atoms in total. The zero-order valence-corrected chi connectivity index (χ0v) is 9.49. The number of carbonyl (C=O) groups excluding carboxylic acids is 1. The van der Waals surface area contributed by atoms with Gasteiger partial charge in [0, 0.05) is 13.6 Å². The Kier molecular flexibility index (Phi) is 3.93. The number of hydrogen-bond acceptors (Lipinski definition) is 2. The van der Waals surface area contributed by atoms with Crippen LogP contribution in [0.3, 0.4) is 0 Å². The molecule has 0 aliphatic heterocycles. The molecule has 0 saturated heterocycles. The van der Waals surface area contributed by atoms with Crippen LogP contribution < -0.4 is 5.73 Å². The Morgan fingerprint density at radius 2 is 2.07 bits per heavy atom. The molecule has 0 radical (unpaired) electrons. The summed E-state index contributed by atoms with van der Waals surface area (Å²) < 4.78 is 0. The molecule has 0 aromatic heterocycles. The molecule has 1 aliphatic rings. The van der Waals surface area contributed by atoms with Crippen LogP contribution in [0.4, 0.5) is 0 Å². The highest BCUT2D eigenvalue weighted by Gasteiger charge is 2.25. The van der Waals surface area contributed by atoms with Gasteiger partial charge in [0.05, 0.1) is 6.04 Å². The number of amides is 1. The van der Waals surface area contributed by atoms with Crippen molar-refractivity contribution in [1.29, 1.82) is 0 Å². The van der Waals surface area contributed by atoms with Gasteiger partial charge >= 0.3 is 0 Å². The molecule has 0 aromatic carbocycles. The van der Waals surface area contributed by atoms with Crippen LogP contribution in [0.1, 0.15) is 33.1 Å². The first kappa shape index (κ1) is 11.5. The lowest BCUT2D eigenvalue weighted by molar-refractivity contribution is -0.133. The lowest BCUT2D eigenvalue weighted by atomic mass is 9.85. The standard InChI is InChI=1S/C11H22N2O/c1-8(2)10(12)11(14)13(3)7-9-5-4-6-9/h8-10H,4-7,12H2,1-3H3. The van der Waals surface area contributed by atoms with Crippen molar-refractivity contribution in [3.05, 3.63) is 0 Å². The van der Waals surface area contributed by atoms with E-state index in [-0.39, 0.29) is 17.9 Å². The number of nitrogens with two attached hydrogens (primary N) is 1. The molecule has 0 spiro atoms. The molecule has 0 bridgehead atoms. The predicted molar refractivity (Wildman–Crippen MR) is 57.8 cm³/mol. The van der Waals surface area contributed by atoms with Crippen LogP contribution in [-0.4, -0.2) is 30.4 Å². The van der Waals surface area contributed by atoms with Crippen molar-refractivity contribution in [1.82, 2.24) is 4.90 Å². The number of rotatable bonds is 4. The largest absolute Gasteiger partial charge is 0.344 e.